The first-order valence-electron chi connectivity index (χ1n) is 10.2. The van der Waals surface area contributed by atoms with Crippen LogP contribution < -0.4 is 0 Å². The molecule has 0 spiro atoms. The maximum absolute atomic E-state index is 6.11. The van der Waals surface area contributed by atoms with Gasteiger partial charge in [-0.25, -0.2) is 4.98 Å². The summed E-state index contributed by atoms with van der Waals surface area (Å²) in [5.74, 6) is 1.02. The molecular formula is C23H27Cl3N4. The maximum atomic E-state index is 6.11. The molecule has 1 aliphatic heterocycles. The van der Waals surface area contributed by atoms with E-state index in [1.54, 1.807) is 0 Å². The lowest BCUT2D eigenvalue weighted by Crippen LogP contribution is -2.31. The van der Waals surface area contributed by atoms with Gasteiger partial charge >= 0.3 is 0 Å². The van der Waals surface area contributed by atoms with Gasteiger partial charge in [0.25, 0.3) is 0 Å². The monoisotopic (exact) mass is 464 g/mol. The summed E-state index contributed by atoms with van der Waals surface area (Å²) in [4.78, 5) is 7.54. The molecule has 0 saturated carbocycles. The van der Waals surface area contributed by atoms with E-state index in [1.165, 1.54) is 43.6 Å². The van der Waals surface area contributed by atoms with Gasteiger partial charge in [0.2, 0.25) is 5.78 Å². The highest BCUT2D eigenvalue weighted by Gasteiger charge is 2.16. The number of rotatable bonds is 5. The van der Waals surface area contributed by atoms with Gasteiger partial charge in [-0.05, 0) is 68.7 Å². The number of imidazole rings is 2. The zero-order valence-electron chi connectivity index (χ0n) is 16.8. The molecule has 0 bridgehead atoms. The van der Waals surface area contributed by atoms with Gasteiger partial charge in [-0.2, -0.15) is 0 Å². The summed E-state index contributed by atoms with van der Waals surface area (Å²) in [6.45, 7) is 4.62. The highest BCUT2D eigenvalue weighted by molar-refractivity contribution is 6.30. The number of nitrogens with zero attached hydrogens (tertiary/aromatic N) is 4. The van der Waals surface area contributed by atoms with Crippen LogP contribution >= 0.6 is 36.4 Å². The average Bonchev–Trinajstić information content (AvgIpc) is 3.26. The first-order chi connectivity index (χ1) is 13.8. The number of fused-ring (bicyclic) bond motifs is 3. The van der Waals surface area contributed by atoms with E-state index < -0.39 is 0 Å². The third-order valence-corrected chi connectivity index (χ3v) is 6.06. The number of aromatic nitrogens is 3. The van der Waals surface area contributed by atoms with Crippen LogP contribution in [0, 0.1) is 0 Å². The molecule has 0 unspecified atom stereocenters. The molecule has 5 rings (SSSR count). The predicted octanol–water partition coefficient (Wildman–Crippen LogP) is 6.33. The van der Waals surface area contributed by atoms with Crippen molar-refractivity contribution in [3.63, 3.8) is 0 Å². The van der Waals surface area contributed by atoms with Crippen molar-refractivity contribution in [1.82, 2.24) is 18.9 Å². The van der Waals surface area contributed by atoms with Crippen LogP contribution in [-0.4, -0.2) is 38.5 Å². The van der Waals surface area contributed by atoms with Crippen LogP contribution in [0.2, 0.25) is 5.02 Å². The lowest BCUT2D eigenvalue weighted by atomic mass is 10.1. The standard InChI is InChI=1S/C23H25ClN4.2ClH/c24-19-11-9-18(10-12-19)22-17-28-21-8-3-2-7-20(21)25-23(28)27(22)16-6-15-26-13-4-1-5-14-26;;/h2-3,7-12,17H,1,4-6,13-16H2;2*1H. The lowest BCUT2D eigenvalue weighted by molar-refractivity contribution is 0.223. The van der Waals surface area contributed by atoms with Crippen LogP contribution in [0.25, 0.3) is 28.1 Å². The second kappa shape index (κ2) is 10.1. The average molecular weight is 466 g/mol. The largest absolute Gasteiger partial charge is 0.310 e. The van der Waals surface area contributed by atoms with Gasteiger partial charge in [0.1, 0.15) is 0 Å². The molecule has 2 aromatic heterocycles. The molecule has 160 valence electrons. The van der Waals surface area contributed by atoms with Crippen molar-refractivity contribution in [3.8, 4) is 11.3 Å². The Morgan fingerprint density at radius 3 is 2.37 bits per heavy atom. The Hall–Kier alpha value is -1.72. The van der Waals surface area contributed by atoms with Crippen molar-refractivity contribution in [2.24, 2.45) is 0 Å². The molecule has 0 radical (unpaired) electrons. The van der Waals surface area contributed by atoms with Gasteiger partial charge in [-0.3, -0.25) is 4.40 Å². The van der Waals surface area contributed by atoms with Gasteiger partial charge in [-0.15, -0.1) is 24.8 Å². The number of likely N-dealkylation sites (tertiary alicyclic amines) is 1. The van der Waals surface area contributed by atoms with Gasteiger partial charge in [0.05, 0.1) is 16.7 Å². The molecule has 3 heterocycles. The Morgan fingerprint density at radius 2 is 1.60 bits per heavy atom. The summed E-state index contributed by atoms with van der Waals surface area (Å²) >= 11 is 6.11. The summed E-state index contributed by atoms with van der Waals surface area (Å²) in [5.41, 5.74) is 4.58. The summed E-state index contributed by atoms with van der Waals surface area (Å²) in [7, 11) is 0. The quantitative estimate of drug-likeness (QED) is 0.344. The van der Waals surface area contributed by atoms with E-state index in [0.29, 0.717) is 0 Å². The zero-order valence-corrected chi connectivity index (χ0v) is 19.2. The highest BCUT2D eigenvalue weighted by atomic mass is 35.5. The molecule has 4 aromatic rings. The Labute approximate surface area is 194 Å². The normalized spacial score (nSPS) is 14.6. The van der Waals surface area contributed by atoms with Gasteiger partial charge in [-0.1, -0.05) is 42.3 Å². The van der Waals surface area contributed by atoms with Crippen molar-refractivity contribution >= 4 is 53.2 Å². The maximum Gasteiger partial charge on any atom is 0.215 e. The molecule has 4 nitrogen and oxygen atoms in total. The van der Waals surface area contributed by atoms with Crippen LogP contribution in [0.5, 0.6) is 0 Å². The summed E-state index contributed by atoms with van der Waals surface area (Å²) in [6, 6.07) is 16.5. The topological polar surface area (TPSA) is 25.5 Å². The summed E-state index contributed by atoms with van der Waals surface area (Å²) < 4.78 is 4.59. The second-order valence-corrected chi connectivity index (χ2v) is 8.14. The number of piperidine rings is 1. The van der Waals surface area contributed by atoms with E-state index in [2.05, 4.69) is 56.5 Å². The molecule has 0 amide bonds. The molecule has 1 fully saturated rings. The van der Waals surface area contributed by atoms with Gasteiger partial charge < -0.3 is 9.47 Å². The van der Waals surface area contributed by atoms with Crippen LogP contribution in [0.15, 0.2) is 54.7 Å². The van der Waals surface area contributed by atoms with Crippen LogP contribution in [0.4, 0.5) is 0 Å². The number of halogens is 3. The Morgan fingerprint density at radius 1 is 0.867 bits per heavy atom. The number of hydrogen-bond donors (Lipinski definition) is 0. The van der Waals surface area contributed by atoms with E-state index in [0.717, 1.165) is 41.3 Å². The fraction of sp³-hybridized carbons (Fsp3) is 0.348. The fourth-order valence-corrected chi connectivity index (χ4v) is 4.48. The lowest BCUT2D eigenvalue weighted by Gasteiger charge is -2.26. The second-order valence-electron chi connectivity index (χ2n) is 7.70. The molecule has 7 heteroatoms. The minimum absolute atomic E-state index is 0. The third-order valence-electron chi connectivity index (χ3n) is 5.81. The third kappa shape index (κ3) is 4.47. The van der Waals surface area contributed by atoms with E-state index >= 15 is 0 Å². The number of para-hydroxylation sites is 2. The van der Waals surface area contributed by atoms with E-state index in [9.17, 15) is 0 Å². The predicted molar refractivity (Wildman–Crippen MR) is 131 cm³/mol. The SMILES string of the molecule is Cl.Cl.Clc1ccc(-c2cn3c4ccccc4nc3n2CCCN2CCCCC2)cc1. The van der Waals surface area contributed by atoms with E-state index in [4.69, 9.17) is 16.6 Å². The van der Waals surface area contributed by atoms with Crippen molar-refractivity contribution in [3.05, 3.63) is 59.8 Å². The minimum Gasteiger partial charge on any atom is -0.310 e. The van der Waals surface area contributed by atoms with Crippen molar-refractivity contribution in [1.29, 1.82) is 0 Å². The first kappa shape index (κ1) is 23.0. The highest BCUT2D eigenvalue weighted by Crippen LogP contribution is 2.28. The molecule has 2 aromatic carbocycles. The Kier molecular flexibility index (Phi) is 7.70. The van der Waals surface area contributed by atoms with Gasteiger partial charge in [0, 0.05) is 17.8 Å². The molecule has 1 aliphatic rings. The van der Waals surface area contributed by atoms with Gasteiger partial charge in [0.15, 0.2) is 0 Å². The Bertz CT molecular complexity index is 1090. The van der Waals surface area contributed by atoms with Crippen LogP contribution in [0.3, 0.4) is 0 Å². The molecule has 0 N–H and O–H groups in total. The number of hydrogen-bond acceptors (Lipinski definition) is 2. The summed E-state index contributed by atoms with van der Waals surface area (Å²) in [6.07, 6.45) is 7.42. The summed E-state index contributed by atoms with van der Waals surface area (Å²) in [5, 5.41) is 0.766. The van der Waals surface area contributed by atoms with Crippen molar-refractivity contribution < 1.29 is 0 Å². The first-order valence-corrected chi connectivity index (χ1v) is 10.6. The fourth-order valence-electron chi connectivity index (χ4n) is 4.36. The van der Waals surface area contributed by atoms with E-state index in [1.807, 2.05) is 12.1 Å². The molecule has 0 aliphatic carbocycles. The van der Waals surface area contributed by atoms with Crippen molar-refractivity contribution in [2.75, 3.05) is 19.6 Å². The number of aryl methyl sites for hydroxylation is 1. The molecular weight excluding hydrogens is 439 g/mol. The van der Waals surface area contributed by atoms with E-state index in [-0.39, 0.29) is 24.8 Å². The zero-order chi connectivity index (χ0) is 18.9. The smallest absolute Gasteiger partial charge is 0.215 e. The molecule has 30 heavy (non-hydrogen) atoms. The molecule has 0 atom stereocenters. The minimum atomic E-state index is 0. The Balaban J connectivity index is 0.00000128. The van der Waals surface area contributed by atoms with Crippen LogP contribution in [0.1, 0.15) is 25.7 Å². The molecule has 1 saturated heterocycles. The van der Waals surface area contributed by atoms with Crippen LogP contribution in [-0.2, 0) is 6.54 Å². The number of benzene rings is 2. The van der Waals surface area contributed by atoms with Crippen molar-refractivity contribution in [2.45, 2.75) is 32.2 Å².